The van der Waals surface area contributed by atoms with Crippen molar-refractivity contribution in [3.05, 3.63) is 68.5 Å². The molecule has 27 heavy (non-hydrogen) atoms. The van der Waals surface area contributed by atoms with Gasteiger partial charge in [-0.15, -0.1) is 0 Å². The molecule has 1 spiro atoms. The van der Waals surface area contributed by atoms with E-state index in [-0.39, 0.29) is 29.6 Å². The SMILES string of the molecule is CCOC(=O)C1=C(N)OC(C)=CC12SC1=C(S2)C(=O)c2ccccc2C1=O. The van der Waals surface area contributed by atoms with Crippen molar-refractivity contribution in [1.82, 2.24) is 0 Å². The van der Waals surface area contributed by atoms with Gasteiger partial charge >= 0.3 is 5.97 Å². The first-order valence-electron chi connectivity index (χ1n) is 8.23. The van der Waals surface area contributed by atoms with E-state index in [2.05, 4.69) is 0 Å². The average molecular weight is 401 g/mol. The normalized spacial score (nSPS) is 20.3. The number of thioether (sulfide) groups is 2. The quantitative estimate of drug-likeness (QED) is 0.755. The van der Waals surface area contributed by atoms with E-state index in [1.165, 1.54) is 0 Å². The number of rotatable bonds is 2. The third kappa shape index (κ3) is 2.62. The molecule has 4 rings (SSSR count). The van der Waals surface area contributed by atoms with Crippen LogP contribution in [-0.4, -0.2) is 28.2 Å². The van der Waals surface area contributed by atoms with Crippen LogP contribution >= 0.6 is 23.5 Å². The summed E-state index contributed by atoms with van der Waals surface area (Å²) in [5.74, 6) is -0.678. The highest BCUT2D eigenvalue weighted by Gasteiger charge is 2.54. The van der Waals surface area contributed by atoms with Crippen LogP contribution in [0.25, 0.3) is 0 Å². The van der Waals surface area contributed by atoms with Gasteiger partial charge in [0.1, 0.15) is 15.4 Å². The summed E-state index contributed by atoms with van der Waals surface area (Å²) >= 11 is 2.28. The van der Waals surface area contributed by atoms with Crippen molar-refractivity contribution in [2.45, 2.75) is 17.9 Å². The lowest BCUT2D eigenvalue weighted by atomic mass is 9.94. The number of carbonyl (C=O) groups is 3. The highest BCUT2D eigenvalue weighted by atomic mass is 32.2. The maximum absolute atomic E-state index is 13.0. The molecular weight excluding hydrogens is 386 g/mol. The molecule has 2 heterocycles. The van der Waals surface area contributed by atoms with Crippen LogP contribution < -0.4 is 5.73 Å². The minimum Gasteiger partial charge on any atom is -0.462 e. The van der Waals surface area contributed by atoms with Crippen LogP contribution in [0, 0.1) is 0 Å². The second kappa shape index (κ2) is 6.31. The molecule has 3 aliphatic rings. The Morgan fingerprint density at radius 1 is 1.15 bits per heavy atom. The molecule has 8 heteroatoms. The molecule has 0 fully saturated rings. The Balaban J connectivity index is 1.82. The highest BCUT2D eigenvalue weighted by molar-refractivity contribution is 8.26. The van der Waals surface area contributed by atoms with Gasteiger partial charge in [-0.3, -0.25) is 9.59 Å². The maximum Gasteiger partial charge on any atom is 0.342 e. The lowest BCUT2D eigenvalue weighted by Gasteiger charge is -2.31. The fourth-order valence-corrected chi connectivity index (χ4v) is 6.53. The van der Waals surface area contributed by atoms with Crippen molar-refractivity contribution < 1.29 is 23.9 Å². The van der Waals surface area contributed by atoms with Crippen molar-refractivity contribution in [3.63, 3.8) is 0 Å². The lowest BCUT2D eigenvalue weighted by molar-refractivity contribution is -0.138. The standard InChI is InChI=1S/C19H15NO5S2/c1-3-24-18(23)12-17(20)25-9(2)8-19(12)26-15-13(21)10-6-4-5-7-11(10)14(22)16(15)27-19/h4-8H,3,20H2,1-2H3. The van der Waals surface area contributed by atoms with Crippen molar-refractivity contribution in [2.24, 2.45) is 5.73 Å². The summed E-state index contributed by atoms with van der Waals surface area (Å²) in [5.41, 5.74) is 6.84. The van der Waals surface area contributed by atoms with Gasteiger partial charge < -0.3 is 15.2 Å². The summed E-state index contributed by atoms with van der Waals surface area (Å²) in [4.78, 5) is 39.2. The van der Waals surface area contributed by atoms with E-state index in [0.717, 1.165) is 23.5 Å². The summed E-state index contributed by atoms with van der Waals surface area (Å²) in [6.45, 7) is 3.56. The molecule has 138 valence electrons. The van der Waals surface area contributed by atoms with Gasteiger partial charge in [-0.2, -0.15) is 0 Å². The second-order valence-electron chi connectivity index (χ2n) is 6.05. The van der Waals surface area contributed by atoms with Crippen LogP contribution in [0.4, 0.5) is 0 Å². The van der Waals surface area contributed by atoms with E-state index in [9.17, 15) is 14.4 Å². The number of esters is 1. The van der Waals surface area contributed by atoms with Gasteiger partial charge in [0.25, 0.3) is 0 Å². The van der Waals surface area contributed by atoms with Gasteiger partial charge in [-0.05, 0) is 19.9 Å². The molecule has 0 amide bonds. The molecule has 6 nitrogen and oxygen atoms in total. The van der Waals surface area contributed by atoms with Gasteiger partial charge in [0, 0.05) is 11.1 Å². The van der Waals surface area contributed by atoms with Gasteiger partial charge in [0.05, 0.1) is 16.4 Å². The summed E-state index contributed by atoms with van der Waals surface area (Å²) < 4.78 is 9.49. The topological polar surface area (TPSA) is 95.7 Å². The Labute approximate surface area is 163 Å². The van der Waals surface area contributed by atoms with Crippen LogP contribution in [0.5, 0.6) is 0 Å². The number of Topliss-reactive ketones (excluding diaryl/α,β-unsaturated/α-hetero) is 2. The van der Waals surface area contributed by atoms with Gasteiger partial charge in [-0.1, -0.05) is 47.8 Å². The predicted octanol–water partition coefficient (Wildman–Crippen LogP) is 3.12. The van der Waals surface area contributed by atoms with Crippen molar-refractivity contribution in [3.8, 4) is 0 Å². The molecule has 0 unspecified atom stereocenters. The van der Waals surface area contributed by atoms with E-state index in [1.807, 2.05) is 0 Å². The van der Waals surface area contributed by atoms with E-state index in [0.29, 0.717) is 26.7 Å². The summed E-state index contributed by atoms with van der Waals surface area (Å²) in [6, 6.07) is 6.71. The van der Waals surface area contributed by atoms with Crippen molar-refractivity contribution in [2.75, 3.05) is 6.61 Å². The average Bonchev–Trinajstić information content (AvgIpc) is 2.99. The first-order valence-corrected chi connectivity index (χ1v) is 9.86. The number of hydrogen-bond acceptors (Lipinski definition) is 8. The molecule has 0 radical (unpaired) electrons. The third-order valence-electron chi connectivity index (χ3n) is 4.28. The molecule has 2 N–H and O–H groups in total. The maximum atomic E-state index is 13.0. The fourth-order valence-electron chi connectivity index (χ4n) is 3.21. The van der Waals surface area contributed by atoms with Crippen molar-refractivity contribution in [1.29, 1.82) is 0 Å². The first kappa shape index (κ1) is 17.9. The number of carbonyl (C=O) groups excluding carboxylic acids is 3. The zero-order chi connectivity index (χ0) is 19.3. The smallest absolute Gasteiger partial charge is 0.342 e. The summed E-state index contributed by atoms with van der Waals surface area (Å²) in [5, 5.41) is 0. The predicted molar refractivity (Wildman–Crippen MR) is 103 cm³/mol. The first-order chi connectivity index (χ1) is 12.9. The Hall–Kier alpha value is -2.45. The third-order valence-corrected chi connectivity index (χ3v) is 7.35. The number of hydrogen-bond donors (Lipinski definition) is 1. The minimum absolute atomic E-state index is 0.0780. The Kier molecular flexibility index (Phi) is 4.20. The highest BCUT2D eigenvalue weighted by Crippen LogP contribution is 2.62. The van der Waals surface area contributed by atoms with Gasteiger partial charge in [0.2, 0.25) is 17.4 Å². The Morgan fingerprint density at radius 3 is 2.22 bits per heavy atom. The van der Waals surface area contributed by atoms with E-state index in [4.69, 9.17) is 15.2 Å². The number of allylic oxidation sites excluding steroid dienone is 3. The lowest BCUT2D eigenvalue weighted by Crippen LogP contribution is -2.33. The molecule has 2 aliphatic heterocycles. The van der Waals surface area contributed by atoms with Crippen LogP contribution in [0.3, 0.4) is 0 Å². The zero-order valence-corrected chi connectivity index (χ0v) is 16.2. The van der Waals surface area contributed by atoms with Crippen LogP contribution in [0.15, 0.2) is 57.4 Å². The Morgan fingerprint density at radius 2 is 1.70 bits per heavy atom. The number of nitrogens with two attached hydrogens (primary N) is 1. The molecule has 0 atom stereocenters. The van der Waals surface area contributed by atoms with Crippen LogP contribution in [0.2, 0.25) is 0 Å². The van der Waals surface area contributed by atoms with E-state index < -0.39 is 10.0 Å². The van der Waals surface area contributed by atoms with E-state index >= 15 is 0 Å². The van der Waals surface area contributed by atoms with Crippen molar-refractivity contribution >= 4 is 41.1 Å². The molecule has 1 aromatic carbocycles. The summed E-state index contributed by atoms with van der Waals surface area (Å²) in [7, 11) is 0. The molecular formula is C19H15NO5S2. The minimum atomic E-state index is -1.07. The molecule has 0 saturated carbocycles. The fraction of sp³-hybridized carbons (Fsp3) is 0.211. The number of benzene rings is 1. The summed E-state index contributed by atoms with van der Waals surface area (Å²) in [6.07, 6.45) is 1.70. The number of fused-ring (bicyclic) bond motifs is 1. The largest absolute Gasteiger partial charge is 0.462 e. The monoisotopic (exact) mass is 401 g/mol. The van der Waals surface area contributed by atoms with E-state index in [1.54, 1.807) is 44.2 Å². The number of ether oxygens (including phenoxy) is 2. The molecule has 0 saturated heterocycles. The molecule has 0 bridgehead atoms. The molecule has 1 aromatic rings. The molecule has 0 aromatic heterocycles. The second-order valence-corrected chi connectivity index (χ2v) is 8.82. The Bertz CT molecular complexity index is 958. The number of ketones is 2. The molecule has 1 aliphatic carbocycles. The van der Waals surface area contributed by atoms with Gasteiger partial charge in [-0.25, -0.2) is 4.79 Å². The zero-order valence-electron chi connectivity index (χ0n) is 14.5. The van der Waals surface area contributed by atoms with Crippen LogP contribution in [-0.2, 0) is 14.3 Å². The van der Waals surface area contributed by atoms with Crippen LogP contribution in [0.1, 0.15) is 34.6 Å². The van der Waals surface area contributed by atoms with Gasteiger partial charge in [0.15, 0.2) is 0 Å².